The fourth-order valence-corrected chi connectivity index (χ4v) is 1.15. The Labute approximate surface area is 96.6 Å². The maximum atomic E-state index is 11.9. The molecule has 1 aromatic carbocycles. The number of ether oxygens (including phenoxy) is 1. The van der Waals surface area contributed by atoms with Crippen LogP contribution in [0.2, 0.25) is 0 Å². The van der Waals surface area contributed by atoms with E-state index < -0.39 is 6.36 Å². The second kappa shape index (κ2) is 5.07. The number of halogens is 3. The van der Waals surface area contributed by atoms with Crippen molar-refractivity contribution in [3.05, 3.63) is 29.8 Å². The van der Waals surface area contributed by atoms with Gasteiger partial charge in [-0.1, -0.05) is 0 Å². The molecule has 0 aliphatic heterocycles. The van der Waals surface area contributed by atoms with E-state index in [9.17, 15) is 18.0 Å². The quantitative estimate of drug-likeness (QED) is 0.891. The van der Waals surface area contributed by atoms with Gasteiger partial charge in [-0.2, -0.15) is 0 Å². The Bertz CT molecular complexity index is 385. The van der Waals surface area contributed by atoms with Crippen molar-refractivity contribution < 1.29 is 22.7 Å². The lowest BCUT2D eigenvalue weighted by atomic mass is 10.2. The number of carbonyl (C=O) groups excluding carboxylic acids is 1. The Morgan fingerprint density at radius 1 is 1.24 bits per heavy atom. The highest BCUT2D eigenvalue weighted by molar-refractivity contribution is 5.94. The van der Waals surface area contributed by atoms with E-state index in [0.29, 0.717) is 0 Å². The van der Waals surface area contributed by atoms with Crippen LogP contribution in [0.3, 0.4) is 0 Å². The third-order valence-electron chi connectivity index (χ3n) is 1.77. The number of alkyl halides is 3. The minimum absolute atomic E-state index is 0.0337. The molecule has 0 bridgehead atoms. The first-order chi connectivity index (χ1) is 7.78. The Hall–Kier alpha value is -1.72. The standard InChI is InChI=1S/C11H12F3NO2/c1-7(2)15-10(16)8-3-5-9(6-4-8)17-11(12,13)14/h3-7H,1-2H3,(H,15,16). The number of benzene rings is 1. The third-order valence-corrected chi connectivity index (χ3v) is 1.77. The largest absolute Gasteiger partial charge is 0.573 e. The molecule has 0 heterocycles. The number of hydrogen-bond donors (Lipinski definition) is 1. The van der Waals surface area contributed by atoms with Crippen molar-refractivity contribution in [2.75, 3.05) is 0 Å². The molecular weight excluding hydrogens is 235 g/mol. The van der Waals surface area contributed by atoms with Gasteiger partial charge in [0.1, 0.15) is 5.75 Å². The topological polar surface area (TPSA) is 38.3 Å². The zero-order valence-electron chi connectivity index (χ0n) is 9.34. The van der Waals surface area contributed by atoms with Crippen molar-refractivity contribution in [1.82, 2.24) is 5.32 Å². The van der Waals surface area contributed by atoms with Crippen LogP contribution >= 0.6 is 0 Å². The van der Waals surface area contributed by atoms with Crippen LogP contribution in [0.5, 0.6) is 5.75 Å². The summed E-state index contributed by atoms with van der Waals surface area (Å²) in [5.41, 5.74) is 0.285. The van der Waals surface area contributed by atoms with Gasteiger partial charge in [-0.15, -0.1) is 13.2 Å². The monoisotopic (exact) mass is 247 g/mol. The minimum Gasteiger partial charge on any atom is -0.406 e. The molecule has 0 fully saturated rings. The molecule has 0 aromatic heterocycles. The average molecular weight is 247 g/mol. The van der Waals surface area contributed by atoms with E-state index in [1.54, 1.807) is 13.8 Å². The summed E-state index contributed by atoms with van der Waals surface area (Å²) in [5.74, 6) is -0.683. The van der Waals surface area contributed by atoms with Gasteiger partial charge >= 0.3 is 6.36 Å². The molecule has 94 valence electrons. The van der Waals surface area contributed by atoms with E-state index in [1.165, 1.54) is 12.1 Å². The van der Waals surface area contributed by atoms with Crippen LogP contribution in [-0.4, -0.2) is 18.3 Å². The van der Waals surface area contributed by atoms with Gasteiger partial charge in [-0.3, -0.25) is 4.79 Å². The number of hydrogen-bond acceptors (Lipinski definition) is 2. The molecule has 0 saturated heterocycles. The summed E-state index contributed by atoms with van der Waals surface area (Å²) in [7, 11) is 0. The van der Waals surface area contributed by atoms with Gasteiger partial charge in [-0.25, -0.2) is 0 Å². The second-order valence-corrected chi connectivity index (χ2v) is 3.70. The van der Waals surface area contributed by atoms with Crippen molar-refractivity contribution in [3.8, 4) is 5.75 Å². The number of nitrogens with one attached hydrogen (secondary N) is 1. The molecule has 3 nitrogen and oxygen atoms in total. The SMILES string of the molecule is CC(C)NC(=O)c1ccc(OC(F)(F)F)cc1. The first-order valence-corrected chi connectivity index (χ1v) is 4.94. The molecule has 1 rings (SSSR count). The summed E-state index contributed by atoms with van der Waals surface area (Å²) in [6.45, 7) is 3.58. The van der Waals surface area contributed by atoms with Crippen LogP contribution in [0.25, 0.3) is 0 Å². The zero-order valence-corrected chi connectivity index (χ0v) is 9.34. The van der Waals surface area contributed by atoms with Crippen LogP contribution in [0.15, 0.2) is 24.3 Å². The Morgan fingerprint density at radius 3 is 2.18 bits per heavy atom. The predicted octanol–water partition coefficient (Wildman–Crippen LogP) is 2.72. The van der Waals surface area contributed by atoms with Gasteiger partial charge in [-0.05, 0) is 38.1 Å². The molecule has 0 spiro atoms. The number of amides is 1. The van der Waals surface area contributed by atoms with Crippen molar-refractivity contribution >= 4 is 5.91 Å². The molecule has 0 unspecified atom stereocenters. The van der Waals surface area contributed by atoms with Gasteiger partial charge in [0.05, 0.1) is 0 Å². The van der Waals surface area contributed by atoms with Crippen LogP contribution < -0.4 is 10.1 Å². The highest BCUT2D eigenvalue weighted by Crippen LogP contribution is 2.22. The molecule has 0 aliphatic carbocycles. The molecule has 0 atom stereocenters. The molecule has 0 saturated carbocycles. The smallest absolute Gasteiger partial charge is 0.406 e. The molecule has 1 amide bonds. The summed E-state index contributed by atoms with van der Waals surface area (Å²) < 4.78 is 39.3. The van der Waals surface area contributed by atoms with Crippen LogP contribution in [0.4, 0.5) is 13.2 Å². The highest BCUT2D eigenvalue weighted by Gasteiger charge is 2.31. The van der Waals surface area contributed by atoms with E-state index in [4.69, 9.17) is 0 Å². The van der Waals surface area contributed by atoms with E-state index in [-0.39, 0.29) is 23.3 Å². The number of rotatable bonds is 3. The van der Waals surface area contributed by atoms with Gasteiger partial charge in [0.15, 0.2) is 0 Å². The molecular formula is C11H12F3NO2. The summed E-state index contributed by atoms with van der Waals surface area (Å²) in [6, 6.07) is 4.72. The maximum absolute atomic E-state index is 11.9. The summed E-state index contributed by atoms with van der Waals surface area (Å²) in [4.78, 5) is 11.5. The van der Waals surface area contributed by atoms with Crippen molar-refractivity contribution in [1.29, 1.82) is 0 Å². The predicted molar refractivity (Wildman–Crippen MR) is 55.7 cm³/mol. The molecule has 1 N–H and O–H groups in total. The summed E-state index contributed by atoms with van der Waals surface area (Å²) >= 11 is 0. The van der Waals surface area contributed by atoms with Crippen LogP contribution in [-0.2, 0) is 0 Å². The molecule has 1 aromatic rings. The number of carbonyl (C=O) groups is 1. The summed E-state index contributed by atoms with van der Waals surface area (Å²) in [6.07, 6.45) is -4.72. The second-order valence-electron chi connectivity index (χ2n) is 3.70. The van der Waals surface area contributed by atoms with E-state index in [0.717, 1.165) is 12.1 Å². The zero-order chi connectivity index (χ0) is 13.1. The first kappa shape index (κ1) is 13.3. The van der Waals surface area contributed by atoms with Crippen molar-refractivity contribution in [2.45, 2.75) is 26.3 Å². The Kier molecular flexibility index (Phi) is 3.98. The Morgan fingerprint density at radius 2 is 1.76 bits per heavy atom. The van der Waals surface area contributed by atoms with Gasteiger partial charge in [0.25, 0.3) is 5.91 Å². The maximum Gasteiger partial charge on any atom is 0.573 e. The normalized spacial score (nSPS) is 11.4. The molecule has 0 aliphatic rings. The molecule has 6 heteroatoms. The molecule has 0 radical (unpaired) electrons. The van der Waals surface area contributed by atoms with Crippen LogP contribution in [0, 0.1) is 0 Å². The minimum atomic E-state index is -4.72. The van der Waals surface area contributed by atoms with Gasteiger partial charge in [0, 0.05) is 11.6 Å². The van der Waals surface area contributed by atoms with E-state index >= 15 is 0 Å². The van der Waals surface area contributed by atoms with Crippen molar-refractivity contribution in [3.63, 3.8) is 0 Å². The van der Waals surface area contributed by atoms with Crippen molar-refractivity contribution in [2.24, 2.45) is 0 Å². The fraction of sp³-hybridized carbons (Fsp3) is 0.364. The van der Waals surface area contributed by atoms with Crippen LogP contribution in [0.1, 0.15) is 24.2 Å². The average Bonchev–Trinajstić information content (AvgIpc) is 2.15. The molecule has 17 heavy (non-hydrogen) atoms. The first-order valence-electron chi connectivity index (χ1n) is 4.94. The highest BCUT2D eigenvalue weighted by atomic mass is 19.4. The lowest BCUT2D eigenvalue weighted by Gasteiger charge is -2.10. The van der Waals surface area contributed by atoms with Gasteiger partial charge < -0.3 is 10.1 Å². The lowest BCUT2D eigenvalue weighted by molar-refractivity contribution is -0.274. The lowest BCUT2D eigenvalue weighted by Crippen LogP contribution is -2.30. The van der Waals surface area contributed by atoms with E-state index in [1.807, 2.05) is 0 Å². The third kappa shape index (κ3) is 4.76. The van der Waals surface area contributed by atoms with Gasteiger partial charge in [0.2, 0.25) is 0 Å². The fourth-order valence-electron chi connectivity index (χ4n) is 1.15. The summed E-state index contributed by atoms with van der Waals surface area (Å²) in [5, 5.41) is 2.62. The Balaban J connectivity index is 2.71. The van der Waals surface area contributed by atoms with E-state index in [2.05, 4.69) is 10.1 Å².